The van der Waals surface area contributed by atoms with Gasteiger partial charge in [-0.1, -0.05) is 292 Å². The van der Waals surface area contributed by atoms with E-state index < -0.39 is 6.10 Å². The maximum absolute atomic E-state index is 12.9. The molecule has 450 valence electrons. The van der Waals surface area contributed by atoms with Gasteiger partial charge in [0, 0.05) is 19.3 Å². The van der Waals surface area contributed by atoms with Crippen molar-refractivity contribution in [3.8, 4) is 0 Å². The van der Waals surface area contributed by atoms with E-state index in [-0.39, 0.29) is 31.1 Å². The Bertz CT molecular complexity index is 1480. The van der Waals surface area contributed by atoms with E-state index in [1.54, 1.807) is 0 Å². The minimum atomic E-state index is -0.792. The maximum atomic E-state index is 12.9. The monoisotopic (exact) mass is 1090 g/mol. The van der Waals surface area contributed by atoms with E-state index in [9.17, 15) is 14.4 Å². The molecule has 0 aromatic rings. The van der Waals surface area contributed by atoms with Crippen LogP contribution in [0.2, 0.25) is 0 Å². The zero-order valence-electron chi connectivity index (χ0n) is 51.7. The molecule has 6 heteroatoms. The smallest absolute Gasteiger partial charge is 0.306 e. The Morgan fingerprint density at radius 2 is 0.526 bits per heavy atom. The van der Waals surface area contributed by atoms with E-state index in [4.69, 9.17) is 14.2 Å². The van der Waals surface area contributed by atoms with Crippen molar-refractivity contribution in [1.29, 1.82) is 0 Å². The van der Waals surface area contributed by atoms with Crippen LogP contribution in [-0.2, 0) is 28.6 Å². The summed E-state index contributed by atoms with van der Waals surface area (Å²) in [4.78, 5) is 38.2. The van der Waals surface area contributed by atoms with Gasteiger partial charge in [0.15, 0.2) is 6.10 Å². The molecule has 0 radical (unpaired) electrons. The highest BCUT2D eigenvalue weighted by atomic mass is 16.6. The predicted molar refractivity (Wildman–Crippen MR) is 339 cm³/mol. The van der Waals surface area contributed by atoms with Crippen LogP contribution in [0.25, 0.3) is 0 Å². The van der Waals surface area contributed by atoms with Crippen LogP contribution in [0.3, 0.4) is 0 Å². The van der Waals surface area contributed by atoms with Gasteiger partial charge in [0.05, 0.1) is 0 Å². The van der Waals surface area contributed by atoms with Gasteiger partial charge in [-0.3, -0.25) is 14.4 Å². The number of unbranched alkanes of at least 4 members (excludes halogenated alkanes) is 36. The topological polar surface area (TPSA) is 78.9 Å². The molecule has 0 saturated heterocycles. The SMILES string of the molecule is CC/C=C\C/C=C\C/C=C\C/C=C\CCCCCCC(=O)OC(COC(=O)CCCCCCC/C=C\CCC)COC(=O)CCCCCCCCCCCCCCCCCCCCCCC/C=C\C/C=C\CCCCCCC. The molecule has 0 spiro atoms. The van der Waals surface area contributed by atoms with Gasteiger partial charge < -0.3 is 14.2 Å². The Labute approximate surface area is 484 Å². The van der Waals surface area contributed by atoms with Gasteiger partial charge in [0.25, 0.3) is 0 Å². The molecule has 0 saturated carbocycles. The molecule has 0 rings (SSSR count). The third-order valence-electron chi connectivity index (χ3n) is 14.6. The van der Waals surface area contributed by atoms with Crippen LogP contribution in [0.1, 0.15) is 335 Å². The summed E-state index contributed by atoms with van der Waals surface area (Å²) in [5, 5.41) is 0. The first-order valence-corrected chi connectivity index (χ1v) is 33.6. The highest BCUT2D eigenvalue weighted by Crippen LogP contribution is 2.17. The average molecular weight is 1090 g/mol. The van der Waals surface area contributed by atoms with E-state index in [0.29, 0.717) is 19.3 Å². The molecule has 0 amide bonds. The summed E-state index contributed by atoms with van der Waals surface area (Å²) in [7, 11) is 0. The number of ether oxygens (including phenoxy) is 3. The fraction of sp³-hybridized carbons (Fsp3) is 0.764. The maximum Gasteiger partial charge on any atom is 0.306 e. The second kappa shape index (κ2) is 66.1. The van der Waals surface area contributed by atoms with Crippen molar-refractivity contribution < 1.29 is 28.6 Å². The lowest BCUT2D eigenvalue weighted by Crippen LogP contribution is -2.30. The Balaban J connectivity index is 4.10. The number of hydrogen-bond acceptors (Lipinski definition) is 6. The van der Waals surface area contributed by atoms with E-state index >= 15 is 0 Å². The number of esters is 3. The zero-order valence-corrected chi connectivity index (χ0v) is 51.7. The lowest BCUT2D eigenvalue weighted by Gasteiger charge is -2.18. The van der Waals surface area contributed by atoms with E-state index in [0.717, 1.165) is 116 Å². The van der Waals surface area contributed by atoms with Gasteiger partial charge in [-0.25, -0.2) is 0 Å². The van der Waals surface area contributed by atoms with Crippen LogP contribution in [0.4, 0.5) is 0 Å². The summed E-state index contributed by atoms with van der Waals surface area (Å²) in [6.07, 6.45) is 87.7. The molecule has 0 aliphatic heterocycles. The molecule has 1 unspecified atom stereocenters. The highest BCUT2D eigenvalue weighted by molar-refractivity contribution is 5.71. The first-order chi connectivity index (χ1) is 38.5. The third-order valence-corrected chi connectivity index (χ3v) is 14.6. The summed E-state index contributed by atoms with van der Waals surface area (Å²) in [6, 6.07) is 0. The van der Waals surface area contributed by atoms with E-state index in [1.165, 1.54) is 180 Å². The minimum Gasteiger partial charge on any atom is -0.462 e. The van der Waals surface area contributed by atoms with Crippen LogP contribution < -0.4 is 0 Å². The quantitative estimate of drug-likeness (QED) is 0.0261. The highest BCUT2D eigenvalue weighted by Gasteiger charge is 2.19. The number of allylic oxidation sites excluding steroid dienone is 14. The van der Waals surface area contributed by atoms with Crippen LogP contribution >= 0.6 is 0 Å². The van der Waals surface area contributed by atoms with Crippen molar-refractivity contribution in [2.75, 3.05) is 13.2 Å². The molecular weight excluding hydrogens is 961 g/mol. The summed E-state index contributed by atoms with van der Waals surface area (Å²) in [6.45, 7) is 6.46. The molecule has 78 heavy (non-hydrogen) atoms. The van der Waals surface area contributed by atoms with Crippen molar-refractivity contribution in [1.82, 2.24) is 0 Å². The summed E-state index contributed by atoms with van der Waals surface area (Å²) < 4.78 is 16.9. The summed E-state index contributed by atoms with van der Waals surface area (Å²) in [5.74, 6) is -0.910. The first kappa shape index (κ1) is 74.6. The molecule has 0 heterocycles. The fourth-order valence-electron chi connectivity index (χ4n) is 9.59. The molecule has 1 atom stereocenters. The molecule has 0 bridgehead atoms. The lowest BCUT2D eigenvalue weighted by atomic mass is 10.0. The zero-order chi connectivity index (χ0) is 56.4. The third kappa shape index (κ3) is 63.4. The Morgan fingerprint density at radius 1 is 0.269 bits per heavy atom. The van der Waals surface area contributed by atoms with Crippen molar-refractivity contribution >= 4 is 17.9 Å². The van der Waals surface area contributed by atoms with Crippen molar-refractivity contribution in [3.05, 3.63) is 85.1 Å². The Hall–Kier alpha value is -3.41. The van der Waals surface area contributed by atoms with Crippen LogP contribution in [0.15, 0.2) is 85.1 Å². The Morgan fingerprint density at radius 3 is 0.846 bits per heavy atom. The normalized spacial score (nSPS) is 12.6. The van der Waals surface area contributed by atoms with Gasteiger partial charge in [-0.05, 0) is 109 Å². The van der Waals surface area contributed by atoms with Gasteiger partial charge in [-0.15, -0.1) is 0 Å². The number of carbonyl (C=O) groups excluding carboxylic acids is 3. The van der Waals surface area contributed by atoms with Crippen LogP contribution in [0.5, 0.6) is 0 Å². The molecule has 0 aromatic carbocycles. The fourth-order valence-corrected chi connectivity index (χ4v) is 9.59. The van der Waals surface area contributed by atoms with E-state index in [2.05, 4.69) is 106 Å². The summed E-state index contributed by atoms with van der Waals surface area (Å²) >= 11 is 0. The second-order valence-corrected chi connectivity index (χ2v) is 22.3. The van der Waals surface area contributed by atoms with Crippen molar-refractivity contribution in [3.63, 3.8) is 0 Å². The first-order valence-electron chi connectivity index (χ1n) is 33.6. The van der Waals surface area contributed by atoms with Crippen molar-refractivity contribution in [2.45, 2.75) is 341 Å². The number of hydrogen-bond donors (Lipinski definition) is 0. The molecule has 0 aromatic heterocycles. The van der Waals surface area contributed by atoms with Crippen LogP contribution in [-0.4, -0.2) is 37.2 Å². The predicted octanol–water partition coefficient (Wildman–Crippen LogP) is 23.1. The van der Waals surface area contributed by atoms with Crippen LogP contribution in [0, 0.1) is 0 Å². The molecule has 6 nitrogen and oxygen atoms in total. The van der Waals surface area contributed by atoms with E-state index in [1.807, 2.05) is 0 Å². The number of rotatable bonds is 61. The summed E-state index contributed by atoms with van der Waals surface area (Å²) in [5.41, 5.74) is 0. The standard InChI is InChI=1S/C72H126O6/c1-4-7-10-13-16-19-22-24-26-28-29-30-31-32-33-34-35-36-37-38-39-40-41-42-43-45-46-48-50-53-56-59-62-65-71(74)77-68-69(67-76-70(73)64-61-58-55-52-21-18-15-12-9-6-3)78-72(75)66-63-60-57-54-51-49-47-44-27-25-23-20-17-14-11-8-5-2/h8,11-12,15,17,20,22,24-25,27-29,47,49,69H,4-7,9-10,13-14,16,18-19,21,23,26,30-46,48,50-68H2,1-3H3/b11-8-,15-12-,20-17-,24-22-,27-25-,29-28-,49-47-. The second-order valence-electron chi connectivity index (χ2n) is 22.3. The average Bonchev–Trinajstić information content (AvgIpc) is 3.44. The largest absolute Gasteiger partial charge is 0.462 e. The molecule has 0 aliphatic carbocycles. The molecule has 0 N–H and O–H groups in total. The lowest BCUT2D eigenvalue weighted by molar-refractivity contribution is -0.167. The van der Waals surface area contributed by atoms with Gasteiger partial charge in [0.2, 0.25) is 0 Å². The van der Waals surface area contributed by atoms with Gasteiger partial charge in [-0.2, -0.15) is 0 Å². The van der Waals surface area contributed by atoms with Gasteiger partial charge in [0.1, 0.15) is 13.2 Å². The molecule has 0 fully saturated rings. The number of carbonyl (C=O) groups is 3. The minimum absolute atomic E-state index is 0.0867. The molecule has 0 aliphatic rings. The van der Waals surface area contributed by atoms with Crippen molar-refractivity contribution in [2.24, 2.45) is 0 Å². The molecular formula is C72H126O6. The Kier molecular flexibility index (Phi) is 63.2. The van der Waals surface area contributed by atoms with Gasteiger partial charge >= 0.3 is 17.9 Å².